The summed E-state index contributed by atoms with van der Waals surface area (Å²) >= 11 is 0. The monoisotopic (exact) mass is 115 g/mol. The number of hydrogen-bond acceptors (Lipinski definition) is 5. The zero-order valence-corrected chi connectivity index (χ0v) is 3.31. The van der Waals surface area contributed by atoms with Gasteiger partial charge in [0.25, 0.3) is 10.8 Å². The molecule has 0 unspecified atom stereocenters. The van der Waals surface area contributed by atoms with Crippen LogP contribution in [0.1, 0.15) is 0 Å². The minimum atomic E-state index is -2.60. The molecule has 6 heteroatoms. The van der Waals surface area contributed by atoms with Crippen molar-refractivity contribution >= 4 is 0 Å². The molecule has 2 N–H and O–H groups in total. The van der Waals surface area contributed by atoms with Crippen LogP contribution >= 0.6 is 0 Å². The van der Waals surface area contributed by atoms with E-state index < -0.39 is 10.8 Å². The van der Waals surface area contributed by atoms with Crippen LogP contribution in [0.2, 0.25) is 0 Å². The summed E-state index contributed by atoms with van der Waals surface area (Å²) in [7, 11) is -2.60. The Labute approximate surface area is 36.4 Å². The molecule has 6 heavy (non-hydrogen) atoms. The number of nitroso groups, excluding NO2 is 1. The molecule has 0 saturated heterocycles. The standard InChI is InChI=1S/ClHO3.HNO/c2-1(3)4;1-2/h2H;1H. The van der Waals surface area contributed by atoms with Gasteiger partial charge in [-0.1, -0.05) is 5.59 Å². The zero-order chi connectivity index (χ0) is 5.58. The first-order valence-electron chi connectivity index (χ1n) is 0.682. The molecule has 0 spiro atoms. The summed E-state index contributed by atoms with van der Waals surface area (Å²) in [6.07, 6.45) is 0. The number of nitrogens with one attached hydrogen (secondary N) is 1. The predicted octanol–water partition coefficient (Wildman–Crippen LogP) is -2.60. The minimum absolute atomic E-state index is 2.60. The maximum absolute atomic E-state index is 8.52. The van der Waals surface area contributed by atoms with Crippen LogP contribution in [0.5, 0.6) is 0 Å². The van der Waals surface area contributed by atoms with Gasteiger partial charge in [0.2, 0.25) is 0 Å². The molecule has 38 valence electrons. The lowest BCUT2D eigenvalue weighted by Crippen LogP contribution is -2.30. The molecule has 0 atom stereocenters. The molecule has 0 radical (unpaired) electrons. The van der Waals surface area contributed by atoms with Crippen molar-refractivity contribution in [1.29, 1.82) is 5.59 Å². The van der Waals surface area contributed by atoms with Crippen LogP contribution in [-0.2, 0) is 0 Å². The fourth-order valence-corrected chi connectivity index (χ4v) is 0. The molecule has 0 aliphatic rings. The first-order valence-corrected chi connectivity index (χ1v) is 1.64. The Balaban J connectivity index is 0. The lowest BCUT2D eigenvalue weighted by atomic mass is 13.8. The Morgan fingerprint density at radius 1 is 1.50 bits per heavy atom. The van der Waals surface area contributed by atoms with Crippen molar-refractivity contribution < 1.29 is 24.8 Å². The van der Waals surface area contributed by atoms with Crippen molar-refractivity contribution in [1.82, 2.24) is 0 Å². The smallest absolute Gasteiger partial charge is 0.282 e. The zero-order valence-electron chi connectivity index (χ0n) is 2.55. The van der Waals surface area contributed by atoms with Crippen molar-refractivity contribution in [3.63, 3.8) is 0 Å². The molecule has 0 amide bonds. The van der Waals surface area contributed by atoms with E-state index in [1.54, 1.807) is 0 Å². The SMILES string of the molecule is N=O.[O-][Cl+2]([O-])O. The van der Waals surface area contributed by atoms with Crippen LogP contribution in [0, 0.1) is 21.3 Å². The van der Waals surface area contributed by atoms with E-state index in [9.17, 15) is 0 Å². The van der Waals surface area contributed by atoms with Gasteiger partial charge < -0.3 is 9.32 Å². The molecule has 0 aromatic rings. The third-order valence-corrected chi connectivity index (χ3v) is 0. The summed E-state index contributed by atoms with van der Waals surface area (Å²) in [5.41, 5.74) is 4.50. The third-order valence-electron chi connectivity index (χ3n) is 0. The number of rotatable bonds is 0. The maximum atomic E-state index is 8.52. The van der Waals surface area contributed by atoms with Crippen LogP contribution in [0.3, 0.4) is 0 Å². The van der Waals surface area contributed by atoms with Gasteiger partial charge in [-0.3, -0.25) is 0 Å². The van der Waals surface area contributed by atoms with Gasteiger partial charge in [0.05, 0.1) is 0 Å². The highest BCUT2D eigenvalue weighted by Gasteiger charge is 1.79. The largest absolute Gasteiger partial charge is 0.321 e. The molecule has 0 saturated carbocycles. The number of halogens is 1. The molecule has 0 bridgehead atoms. The van der Waals surface area contributed by atoms with E-state index in [-0.39, 0.29) is 0 Å². The second-order valence-electron chi connectivity index (χ2n) is 0.201. The Hall–Kier alpha value is -0.230. The van der Waals surface area contributed by atoms with E-state index >= 15 is 0 Å². The molecule has 0 rings (SSSR count). The Kier molecular flexibility index (Phi) is 13.6. The lowest BCUT2D eigenvalue weighted by Gasteiger charge is -1.72. The average Bonchev–Trinajstić information content (AvgIpc) is 1.41. The van der Waals surface area contributed by atoms with Crippen LogP contribution in [0.25, 0.3) is 0 Å². The van der Waals surface area contributed by atoms with Gasteiger partial charge in [-0.2, -0.15) is 4.91 Å². The van der Waals surface area contributed by atoms with E-state index in [2.05, 4.69) is 5.59 Å². The Morgan fingerprint density at radius 2 is 1.50 bits per heavy atom. The van der Waals surface area contributed by atoms with Gasteiger partial charge >= 0.3 is 0 Å². The summed E-state index contributed by atoms with van der Waals surface area (Å²) in [4.78, 5) is 7.50. The van der Waals surface area contributed by atoms with Gasteiger partial charge in [0.15, 0.2) is 0 Å². The van der Waals surface area contributed by atoms with Gasteiger partial charge in [0, 0.05) is 4.66 Å². The number of hydrogen-bond donors (Lipinski definition) is 2. The van der Waals surface area contributed by atoms with Gasteiger partial charge in [-0.25, -0.2) is 0 Å². The van der Waals surface area contributed by atoms with Crippen molar-refractivity contribution in [3.8, 4) is 0 Å². The topological polar surface area (TPSA) is 107 Å². The lowest BCUT2D eigenvalue weighted by molar-refractivity contribution is -1.63. The Morgan fingerprint density at radius 3 is 1.50 bits per heavy atom. The summed E-state index contributed by atoms with van der Waals surface area (Å²) in [5, 5.41) is 0. The molecule has 0 heterocycles. The molecule has 5 nitrogen and oxygen atoms in total. The molecular weight excluding hydrogens is 113 g/mol. The van der Waals surface area contributed by atoms with Crippen LogP contribution in [0.15, 0.2) is 0 Å². The fraction of sp³-hybridized carbons (Fsp3) is 0. The molecule has 0 aromatic carbocycles. The van der Waals surface area contributed by atoms with Crippen molar-refractivity contribution in [2.75, 3.05) is 0 Å². The molecule has 0 aromatic heterocycles. The highest BCUT2D eigenvalue weighted by molar-refractivity contribution is 3.63. The fourth-order valence-electron chi connectivity index (χ4n) is 0. The summed E-state index contributed by atoms with van der Waals surface area (Å²) in [6, 6.07) is 0. The van der Waals surface area contributed by atoms with E-state index in [0.717, 1.165) is 0 Å². The van der Waals surface area contributed by atoms with E-state index in [0.29, 0.717) is 0 Å². The molecule has 0 fully saturated rings. The van der Waals surface area contributed by atoms with Crippen LogP contribution in [0.4, 0.5) is 0 Å². The molecule has 0 aliphatic heterocycles. The minimum Gasteiger partial charge on any atom is -0.321 e. The van der Waals surface area contributed by atoms with Crippen molar-refractivity contribution in [2.24, 2.45) is 0 Å². The quantitative estimate of drug-likeness (QED) is 0.338. The van der Waals surface area contributed by atoms with Crippen LogP contribution in [-0.4, -0.2) is 4.66 Å². The van der Waals surface area contributed by atoms with Crippen molar-refractivity contribution in [3.05, 3.63) is 4.91 Å². The highest BCUT2D eigenvalue weighted by Crippen LogP contribution is 1.38. The van der Waals surface area contributed by atoms with Crippen LogP contribution < -0.4 is 9.32 Å². The maximum Gasteiger partial charge on any atom is 0.282 e. The van der Waals surface area contributed by atoms with Crippen molar-refractivity contribution in [2.45, 2.75) is 0 Å². The molecular formula is H2ClNO4. The van der Waals surface area contributed by atoms with Gasteiger partial charge in [-0.05, 0) is 0 Å². The van der Waals surface area contributed by atoms with Gasteiger partial charge in [-0.15, -0.1) is 0 Å². The Bertz CT molecular complexity index is 18.8. The van der Waals surface area contributed by atoms with Gasteiger partial charge in [0.1, 0.15) is 0 Å². The summed E-state index contributed by atoms with van der Waals surface area (Å²) < 4.78 is 24.0. The van der Waals surface area contributed by atoms with E-state index in [1.807, 2.05) is 0 Å². The van der Waals surface area contributed by atoms with E-state index in [1.165, 1.54) is 0 Å². The highest BCUT2D eigenvalue weighted by atomic mass is 35.6. The second-order valence-corrected chi connectivity index (χ2v) is 0.603. The average molecular weight is 115 g/mol. The predicted molar refractivity (Wildman–Crippen MR) is 8.31 cm³/mol. The normalized spacial score (nSPS) is 6.67. The molecule has 0 aliphatic carbocycles. The first kappa shape index (κ1) is 9.24. The summed E-state index contributed by atoms with van der Waals surface area (Å²) in [5.74, 6) is 0. The summed E-state index contributed by atoms with van der Waals surface area (Å²) in [6.45, 7) is 0. The van der Waals surface area contributed by atoms with E-state index in [4.69, 9.17) is 18.9 Å². The first-order chi connectivity index (χ1) is 2.73. The third kappa shape index (κ3) is 547. The second kappa shape index (κ2) is 8.84.